The maximum Gasteiger partial charge on any atom is 0.258 e. The zero-order valence-electron chi connectivity index (χ0n) is 16.1. The molecule has 1 N–H and O–H groups in total. The van der Waals surface area contributed by atoms with E-state index in [4.69, 9.17) is 4.74 Å². The maximum atomic E-state index is 13.2. The third-order valence-electron chi connectivity index (χ3n) is 6.22. The van der Waals surface area contributed by atoms with Crippen LogP contribution >= 0.6 is 0 Å². The Morgan fingerprint density at radius 2 is 2.00 bits per heavy atom. The van der Waals surface area contributed by atoms with Crippen molar-refractivity contribution in [2.45, 2.75) is 64.4 Å². The first-order chi connectivity index (χ1) is 13.1. The molecule has 0 spiro atoms. The fourth-order valence-electron chi connectivity index (χ4n) is 4.60. The number of carbonyl (C=O) groups excluding carboxylic acids is 1. The third kappa shape index (κ3) is 2.85. The number of hydrogen-bond donors (Lipinski definition) is 1. The van der Waals surface area contributed by atoms with Gasteiger partial charge in [-0.2, -0.15) is 0 Å². The predicted octanol–water partition coefficient (Wildman–Crippen LogP) is 4.01. The van der Waals surface area contributed by atoms with E-state index in [9.17, 15) is 4.79 Å². The molecule has 2 atom stereocenters. The Morgan fingerprint density at radius 3 is 2.74 bits per heavy atom. The van der Waals surface area contributed by atoms with Crippen molar-refractivity contribution in [2.24, 2.45) is 0 Å². The van der Waals surface area contributed by atoms with E-state index in [1.807, 2.05) is 24.3 Å². The topological polar surface area (TPSA) is 46.5 Å². The van der Waals surface area contributed by atoms with E-state index in [0.29, 0.717) is 12.1 Å². The molecule has 0 unspecified atom stereocenters. The van der Waals surface area contributed by atoms with Crippen LogP contribution in [0.4, 0.5) is 5.69 Å². The molecule has 3 aliphatic rings. The molecule has 0 bridgehead atoms. The van der Waals surface area contributed by atoms with E-state index in [2.05, 4.69) is 34.7 Å². The van der Waals surface area contributed by atoms with Crippen LogP contribution in [-0.4, -0.2) is 34.1 Å². The summed E-state index contributed by atoms with van der Waals surface area (Å²) in [4.78, 5) is 15.3. The molecule has 142 valence electrons. The van der Waals surface area contributed by atoms with Crippen molar-refractivity contribution in [1.29, 1.82) is 0 Å². The Hall–Kier alpha value is -2.27. The minimum absolute atomic E-state index is 0.0932. The molecule has 1 amide bonds. The average molecular weight is 365 g/mol. The molecular weight excluding hydrogens is 338 g/mol. The number of fused-ring (bicyclic) bond motifs is 1. The molecule has 2 aromatic rings. The van der Waals surface area contributed by atoms with Crippen molar-refractivity contribution in [2.75, 3.05) is 11.9 Å². The van der Waals surface area contributed by atoms with Gasteiger partial charge in [0.25, 0.3) is 5.91 Å². The summed E-state index contributed by atoms with van der Waals surface area (Å²) in [5, 5.41) is 3.65. The summed E-state index contributed by atoms with van der Waals surface area (Å²) in [6.07, 6.45) is 4.70. The molecule has 5 nitrogen and oxygen atoms in total. The molecule has 2 fully saturated rings. The van der Waals surface area contributed by atoms with Gasteiger partial charge in [-0.1, -0.05) is 12.1 Å². The van der Waals surface area contributed by atoms with Gasteiger partial charge in [0.15, 0.2) is 0 Å². The van der Waals surface area contributed by atoms with E-state index in [-0.39, 0.29) is 12.1 Å². The molecule has 1 saturated heterocycles. The SMILES string of the molecule is Cc1cc([C@H]2Nc3ccccc3C(=O)N2C2CC2)c(C)n1C[C@@H]1CCCO1. The summed E-state index contributed by atoms with van der Waals surface area (Å²) in [5.41, 5.74) is 5.41. The summed E-state index contributed by atoms with van der Waals surface area (Å²) in [7, 11) is 0. The molecular formula is C22H27N3O2. The normalized spacial score (nSPS) is 24.8. The van der Waals surface area contributed by atoms with Gasteiger partial charge < -0.3 is 19.5 Å². The molecule has 27 heavy (non-hydrogen) atoms. The number of nitrogens with zero attached hydrogens (tertiary/aromatic N) is 2. The van der Waals surface area contributed by atoms with Crippen LogP contribution in [0.3, 0.4) is 0 Å². The molecule has 3 heterocycles. The smallest absolute Gasteiger partial charge is 0.258 e. The molecule has 5 rings (SSSR count). The Labute approximate surface area is 160 Å². The van der Waals surface area contributed by atoms with Gasteiger partial charge in [0.1, 0.15) is 6.17 Å². The summed E-state index contributed by atoms with van der Waals surface area (Å²) < 4.78 is 8.22. The Morgan fingerprint density at radius 1 is 1.19 bits per heavy atom. The van der Waals surface area contributed by atoms with E-state index in [0.717, 1.165) is 50.1 Å². The van der Waals surface area contributed by atoms with Crippen molar-refractivity contribution in [3.05, 3.63) is 52.8 Å². The van der Waals surface area contributed by atoms with Crippen LogP contribution in [0.25, 0.3) is 0 Å². The molecule has 1 saturated carbocycles. The lowest BCUT2D eigenvalue weighted by molar-refractivity contribution is 0.0665. The van der Waals surface area contributed by atoms with Crippen molar-refractivity contribution < 1.29 is 9.53 Å². The number of nitrogens with one attached hydrogen (secondary N) is 1. The number of benzene rings is 1. The molecule has 1 aliphatic carbocycles. The second kappa shape index (κ2) is 6.41. The van der Waals surface area contributed by atoms with Crippen LogP contribution in [0, 0.1) is 13.8 Å². The zero-order chi connectivity index (χ0) is 18.5. The first kappa shape index (κ1) is 16.9. The molecule has 5 heteroatoms. The Bertz CT molecular complexity index is 878. The number of rotatable bonds is 4. The van der Waals surface area contributed by atoms with Gasteiger partial charge >= 0.3 is 0 Å². The zero-order valence-corrected chi connectivity index (χ0v) is 16.1. The quantitative estimate of drug-likeness (QED) is 0.890. The minimum atomic E-state index is -0.0932. The second-order valence-corrected chi connectivity index (χ2v) is 8.11. The summed E-state index contributed by atoms with van der Waals surface area (Å²) in [6, 6.07) is 10.5. The van der Waals surface area contributed by atoms with Gasteiger partial charge in [0.2, 0.25) is 0 Å². The van der Waals surface area contributed by atoms with Gasteiger partial charge in [-0.3, -0.25) is 4.79 Å². The summed E-state index contributed by atoms with van der Waals surface area (Å²) in [6.45, 7) is 6.11. The van der Waals surface area contributed by atoms with E-state index in [1.165, 1.54) is 17.0 Å². The van der Waals surface area contributed by atoms with Crippen LogP contribution in [0.15, 0.2) is 30.3 Å². The van der Waals surface area contributed by atoms with Crippen molar-refractivity contribution in [3.8, 4) is 0 Å². The number of para-hydroxylation sites is 1. The van der Waals surface area contributed by atoms with Gasteiger partial charge in [0.05, 0.1) is 11.7 Å². The fraction of sp³-hybridized carbons (Fsp3) is 0.500. The number of hydrogen-bond acceptors (Lipinski definition) is 3. The first-order valence-corrected chi connectivity index (χ1v) is 10.1. The number of aromatic nitrogens is 1. The summed E-state index contributed by atoms with van der Waals surface area (Å²) >= 11 is 0. The minimum Gasteiger partial charge on any atom is -0.376 e. The number of carbonyl (C=O) groups is 1. The van der Waals surface area contributed by atoms with E-state index in [1.54, 1.807) is 0 Å². The average Bonchev–Trinajstić information content (AvgIpc) is 3.30. The molecule has 1 aromatic carbocycles. The highest BCUT2D eigenvalue weighted by molar-refractivity contribution is 6.02. The molecule has 0 radical (unpaired) electrons. The van der Waals surface area contributed by atoms with Gasteiger partial charge in [-0.15, -0.1) is 0 Å². The first-order valence-electron chi connectivity index (χ1n) is 10.1. The predicted molar refractivity (Wildman–Crippen MR) is 105 cm³/mol. The second-order valence-electron chi connectivity index (χ2n) is 8.11. The van der Waals surface area contributed by atoms with E-state index >= 15 is 0 Å². The van der Waals surface area contributed by atoms with Gasteiger partial charge in [0, 0.05) is 41.8 Å². The van der Waals surface area contributed by atoms with Crippen molar-refractivity contribution in [3.63, 3.8) is 0 Å². The van der Waals surface area contributed by atoms with Crippen LogP contribution < -0.4 is 5.32 Å². The Kier molecular flexibility index (Phi) is 4.01. The van der Waals surface area contributed by atoms with Crippen LogP contribution in [0.5, 0.6) is 0 Å². The monoisotopic (exact) mass is 365 g/mol. The highest BCUT2D eigenvalue weighted by Gasteiger charge is 2.43. The lowest BCUT2D eigenvalue weighted by Crippen LogP contribution is -2.44. The van der Waals surface area contributed by atoms with E-state index < -0.39 is 0 Å². The lowest BCUT2D eigenvalue weighted by Gasteiger charge is -2.38. The van der Waals surface area contributed by atoms with Crippen molar-refractivity contribution in [1.82, 2.24) is 9.47 Å². The standard InChI is InChI=1S/C22H27N3O2/c1-14-12-19(15(2)24(14)13-17-6-5-11-27-17)21-23-20-8-4-3-7-18(20)22(26)25(21)16-9-10-16/h3-4,7-8,12,16-17,21,23H,5-6,9-11,13H2,1-2H3/t17-,21-/m0/s1. The lowest BCUT2D eigenvalue weighted by atomic mass is 10.0. The number of amides is 1. The number of aryl methyl sites for hydroxylation is 1. The highest BCUT2D eigenvalue weighted by atomic mass is 16.5. The molecule has 2 aliphatic heterocycles. The number of ether oxygens (including phenoxy) is 1. The van der Waals surface area contributed by atoms with Crippen molar-refractivity contribution >= 4 is 11.6 Å². The Balaban J connectivity index is 1.52. The fourth-order valence-corrected chi connectivity index (χ4v) is 4.60. The number of anilines is 1. The third-order valence-corrected chi connectivity index (χ3v) is 6.22. The van der Waals surface area contributed by atoms with Gasteiger partial charge in [-0.25, -0.2) is 0 Å². The maximum absolute atomic E-state index is 13.2. The summed E-state index contributed by atoms with van der Waals surface area (Å²) in [5.74, 6) is 0.153. The highest BCUT2D eigenvalue weighted by Crippen LogP contribution is 2.42. The van der Waals surface area contributed by atoms with Crippen LogP contribution in [0.1, 0.15) is 59.2 Å². The molecule has 1 aromatic heterocycles. The largest absolute Gasteiger partial charge is 0.376 e. The van der Waals surface area contributed by atoms with Crippen LogP contribution in [0.2, 0.25) is 0 Å². The van der Waals surface area contributed by atoms with Crippen LogP contribution in [-0.2, 0) is 11.3 Å². The van der Waals surface area contributed by atoms with Gasteiger partial charge in [-0.05, 0) is 57.7 Å².